The van der Waals surface area contributed by atoms with E-state index in [0.29, 0.717) is 6.42 Å². The molecule has 0 aromatic heterocycles. The number of hydrogen-bond donors (Lipinski definition) is 0. The van der Waals surface area contributed by atoms with Crippen molar-refractivity contribution < 1.29 is 9.59 Å². The summed E-state index contributed by atoms with van der Waals surface area (Å²) in [4.78, 5) is 22.0. The lowest BCUT2D eigenvalue weighted by molar-refractivity contribution is -0.123. The number of carbonyl (C=O) groups excluding carboxylic acids is 2. The van der Waals surface area contributed by atoms with E-state index in [9.17, 15) is 9.59 Å². The monoisotopic (exact) mass is 192 g/mol. The van der Waals surface area contributed by atoms with Gasteiger partial charge in [-0.15, -0.1) is 0 Å². The molecule has 0 spiro atoms. The van der Waals surface area contributed by atoms with E-state index >= 15 is 0 Å². The Bertz CT molecular complexity index is 289. The van der Waals surface area contributed by atoms with E-state index in [2.05, 4.69) is 0 Å². The van der Waals surface area contributed by atoms with Crippen LogP contribution in [0, 0.1) is 5.41 Å². The zero-order valence-corrected chi connectivity index (χ0v) is 8.75. The molecule has 0 bridgehead atoms. The SMILES string of the molecule is C/C=C\CC1=C(C)CCC1(C=O)C=O. The number of hydrogen-bond acceptors (Lipinski definition) is 2. The molecule has 0 heterocycles. The van der Waals surface area contributed by atoms with E-state index in [1.807, 2.05) is 26.0 Å². The molecule has 0 N–H and O–H groups in total. The average Bonchev–Trinajstić information content (AvgIpc) is 2.53. The second-order valence-electron chi connectivity index (χ2n) is 3.81. The van der Waals surface area contributed by atoms with Crippen LogP contribution in [0.5, 0.6) is 0 Å². The van der Waals surface area contributed by atoms with Crippen LogP contribution in [0.15, 0.2) is 23.3 Å². The van der Waals surface area contributed by atoms with Gasteiger partial charge in [-0.1, -0.05) is 17.7 Å². The van der Waals surface area contributed by atoms with Gasteiger partial charge >= 0.3 is 0 Å². The highest BCUT2D eigenvalue weighted by Gasteiger charge is 2.38. The number of aldehydes is 2. The Morgan fingerprint density at radius 3 is 2.50 bits per heavy atom. The van der Waals surface area contributed by atoms with Crippen LogP contribution < -0.4 is 0 Å². The minimum absolute atomic E-state index is 0.652. The van der Waals surface area contributed by atoms with Gasteiger partial charge in [-0.05, 0) is 38.7 Å². The highest BCUT2D eigenvalue weighted by atomic mass is 16.1. The van der Waals surface area contributed by atoms with Gasteiger partial charge in [0.05, 0.1) is 0 Å². The minimum Gasteiger partial charge on any atom is -0.302 e. The fourth-order valence-corrected chi connectivity index (χ4v) is 1.98. The summed E-state index contributed by atoms with van der Waals surface area (Å²) in [5, 5.41) is 0. The van der Waals surface area contributed by atoms with Gasteiger partial charge in [0.1, 0.15) is 18.0 Å². The maximum Gasteiger partial charge on any atom is 0.137 e. The van der Waals surface area contributed by atoms with Crippen molar-refractivity contribution in [3.63, 3.8) is 0 Å². The Hall–Kier alpha value is -1.18. The van der Waals surface area contributed by atoms with Crippen LogP contribution in [-0.4, -0.2) is 12.6 Å². The molecule has 0 radical (unpaired) electrons. The maximum absolute atomic E-state index is 11.0. The van der Waals surface area contributed by atoms with Gasteiger partial charge in [0.15, 0.2) is 0 Å². The van der Waals surface area contributed by atoms with E-state index in [1.165, 1.54) is 5.57 Å². The Kier molecular flexibility index (Phi) is 3.39. The van der Waals surface area contributed by atoms with Gasteiger partial charge in [0.2, 0.25) is 0 Å². The largest absolute Gasteiger partial charge is 0.302 e. The Morgan fingerprint density at radius 2 is 2.00 bits per heavy atom. The smallest absolute Gasteiger partial charge is 0.137 e. The summed E-state index contributed by atoms with van der Waals surface area (Å²) in [7, 11) is 0. The van der Waals surface area contributed by atoms with Gasteiger partial charge in [-0.25, -0.2) is 0 Å². The predicted molar refractivity (Wildman–Crippen MR) is 55.9 cm³/mol. The second kappa shape index (κ2) is 4.36. The van der Waals surface area contributed by atoms with Crippen molar-refractivity contribution >= 4 is 12.6 Å². The Labute approximate surface area is 84.7 Å². The minimum atomic E-state index is -0.816. The molecule has 0 aromatic rings. The number of allylic oxidation sites excluding steroid dienone is 4. The van der Waals surface area contributed by atoms with E-state index < -0.39 is 5.41 Å². The topological polar surface area (TPSA) is 34.1 Å². The van der Waals surface area contributed by atoms with Crippen LogP contribution in [0.25, 0.3) is 0 Å². The highest BCUT2D eigenvalue weighted by molar-refractivity contribution is 5.89. The molecular weight excluding hydrogens is 176 g/mol. The molecule has 1 rings (SSSR count). The summed E-state index contributed by atoms with van der Waals surface area (Å²) in [6.45, 7) is 3.95. The molecule has 1 aliphatic rings. The van der Waals surface area contributed by atoms with Crippen LogP contribution in [-0.2, 0) is 9.59 Å². The summed E-state index contributed by atoms with van der Waals surface area (Å²) in [5.41, 5.74) is 1.38. The van der Waals surface area contributed by atoms with E-state index in [4.69, 9.17) is 0 Å². The summed E-state index contributed by atoms with van der Waals surface area (Å²) in [5.74, 6) is 0. The summed E-state index contributed by atoms with van der Waals surface area (Å²) < 4.78 is 0. The van der Waals surface area contributed by atoms with Crippen molar-refractivity contribution in [2.75, 3.05) is 0 Å². The maximum atomic E-state index is 11.0. The lowest BCUT2D eigenvalue weighted by atomic mass is 9.82. The first-order valence-corrected chi connectivity index (χ1v) is 4.93. The zero-order chi connectivity index (χ0) is 10.6. The first-order chi connectivity index (χ1) is 6.70. The van der Waals surface area contributed by atoms with E-state index in [0.717, 1.165) is 31.0 Å². The molecule has 0 atom stereocenters. The fraction of sp³-hybridized carbons (Fsp3) is 0.500. The van der Waals surface area contributed by atoms with Crippen LogP contribution in [0.3, 0.4) is 0 Å². The normalized spacial score (nSPS) is 20.4. The summed E-state index contributed by atoms with van der Waals surface area (Å²) >= 11 is 0. The summed E-state index contributed by atoms with van der Waals surface area (Å²) in [6.07, 6.45) is 7.78. The van der Waals surface area contributed by atoms with Crippen molar-refractivity contribution in [2.45, 2.75) is 33.1 Å². The molecule has 76 valence electrons. The zero-order valence-electron chi connectivity index (χ0n) is 8.75. The fourth-order valence-electron chi connectivity index (χ4n) is 1.98. The molecule has 2 heteroatoms. The van der Waals surface area contributed by atoms with Crippen LogP contribution in [0.4, 0.5) is 0 Å². The van der Waals surface area contributed by atoms with E-state index in [1.54, 1.807) is 0 Å². The lowest BCUT2D eigenvalue weighted by Gasteiger charge is -2.18. The number of carbonyl (C=O) groups is 2. The van der Waals surface area contributed by atoms with Gasteiger partial charge in [0, 0.05) is 0 Å². The quantitative estimate of drug-likeness (QED) is 0.389. The van der Waals surface area contributed by atoms with Crippen LogP contribution in [0.2, 0.25) is 0 Å². The van der Waals surface area contributed by atoms with Crippen molar-refractivity contribution in [1.82, 2.24) is 0 Å². The van der Waals surface area contributed by atoms with Gasteiger partial charge in [-0.3, -0.25) is 0 Å². The number of rotatable bonds is 4. The molecule has 0 amide bonds. The predicted octanol–water partition coefficient (Wildman–Crippen LogP) is 2.45. The highest BCUT2D eigenvalue weighted by Crippen LogP contribution is 2.41. The van der Waals surface area contributed by atoms with Gasteiger partial charge < -0.3 is 9.59 Å². The lowest BCUT2D eigenvalue weighted by Crippen LogP contribution is -2.23. The molecule has 14 heavy (non-hydrogen) atoms. The first kappa shape index (κ1) is 10.9. The molecule has 1 aliphatic carbocycles. The molecule has 0 saturated carbocycles. The second-order valence-corrected chi connectivity index (χ2v) is 3.81. The third kappa shape index (κ3) is 1.69. The first-order valence-electron chi connectivity index (χ1n) is 4.93. The molecule has 2 nitrogen and oxygen atoms in total. The summed E-state index contributed by atoms with van der Waals surface area (Å²) in [6, 6.07) is 0. The van der Waals surface area contributed by atoms with Gasteiger partial charge in [0.25, 0.3) is 0 Å². The van der Waals surface area contributed by atoms with Crippen molar-refractivity contribution in [3.8, 4) is 0 Å². The van der Waals surface area contributed by atoms with Crippen molar-refractivity contribution in [1.29, 1.82) is 0 Å². The molecule has 0 aromatic carbocycles. The van der Waals surface area contributed by atoms with Gasteiger partial charge in [-0.2, -0.15) is 0 Å². The Morgan fingerprint density at radius 1 is 1.36 bits per heavy atom. The molecule has 0 unspecified atom stereocenters. The van der Waals surface area contributed by atoms with Crippen molar-refractivity contribution in [3.05, 3.63) is 23.3 Å². The molecule has 0 fully saturated rings. The van der Waals surface area contributed by atoms with E-state index in [-0.39, 0.29) is 0 Å². The Balaban J connectivity index is 3.00. The molecular formula is C12H16O2. The van der Waals surface area contributed by atoms with Crippen LogP contribution >= 0.6 is 0 Å². The average molecular weight is 192 g/mol. The standard InChI is InChI=1S/C12H16O2/c1-3-4-5-11-10(2)6-7-12(11,8-13)9-14/h3-4,8-9H,5-7H2,1-2H3/b4-3-. The molecule has 0 saturated heterocycles. The third-order valence-corrected chi connectivity index (χ3v) is 2.97. The van der Waals surface area contributed by atoms with Crippen LogP contribution in [0.1, 0.15) is 33.1 Å². The molecule has 0 aliphatic heterocycles. The third-order valence-electron chi connectivity index (χ3n) is 2.97. The van der Waals surface area contributed by atoms with Crippen molar-refractivity contribution in [2.24, 2.45) is 5.41 Å².